The molecule has 8 heteroatoms. The Bertz CT molecular complexity index is 582. The summed E-state index contributed by atoms with van der Waals surface area (Å²) in [6.07, 6.45) is 1.88. The van der Waals surface area contributed by atoms with E-state index in [2.05, 4.69) is 9.97 Å². The first-order valence-corrected chi connectivity index (χ1v) is 6.74. The second-order valence-corrected chi connectivity index (χ2v) is 5.27. The standard InChI is InChI=1S/C9H10N4O2S2/c1-12(2)7-5-4-6(13(14)15)17-8(5)11-9(10-7)16-3/h4H,1-3H3. The molecule has 0 aromatic carbocycles. The van der Waals surface area contributed by atoms with Gasteiger partial charge in [-0.05, 0) is 17.6 Å². The van der Waals surface area contributed by atoms with Crippen molar-refractivity contribution in [3.05, 3.63) is 16.2 Å². The van der Waals surface area contributed by atoms with Gasteiger partial charge in [0.1, 0.15) is 10.6 Å². The molecule has 2 aromatic rings. The second kappa shape index (κ2) is 4.46. The number of hydrogen-bond donors (Lipinski definition) is 0. The van der Waals surface area contributed by atoms with E-state index in [4.69, 9.17) is 0 Å². The molecular weight excluding hydrogens is 260 g/mol. The average Bonchev–Trinajstić information content (AvgIpc) is 2.70. The monoisotopic (exact) mass is 270 g/mol. The van der Waals surface area contributed by atoms with Crippen molar-refractivity contribution < 1.29 is 4.92 Å². The largest absolute Gasteiger partial charge is 0.362 e. The number of thiophene rings is 1. The van der Waals surface area contributed by atoms with Gasteiger partial charge in [-0.2, -0.15) is 0 Å². The molecule has 2 rings (SSSR count). The van der Waals surface area contributed by atoms with Gasteiger partial charge in [0.05, 0.1) is 10.3 Å². The number of aromatic nitrogens is 2. The molecular formula is C9H10N4O2S2. The summed E-state index contributed by atoms with van der Waals surface area (Å²) in [5, 5.41) is 12.2. The molecule has 0 amide bonds. The van der Waals surface area contributed by atoms with Gasteiger partial charge in [-0.1, -0.05) is 11.8 Å². The third-order valence-corrected chi connectivity index (χ3v) is 3.65. The summed E-state index contributed by atoms with van der Waals surface area (Å²) in [5.74, 6) is 0.712. The Morgan fingerprint density at radius 1 is 1.47 bits per heavy atom. The molecule has 0 N–H and O–H groups in total. The maximum absolute atomic E-state index is 10.8. The van der Waals surface area contributed by atoms with E-state index in [9.17, 15) is 10.1 Å². The summed E-state index contributed by atoms with van der Waals surface area (Å²) >= 11 is 2.50. The molecule has 0 bridgehead atoms. The predicted molar refractivity (Wildman–Crippen MR) is 70.2 cm³/mol. The van der Waals surface area contributed by atoms with Crippen LogP contribution in [0.25, 0.3) is 10.2 Å². The number of fused-ring (bicyclic) bond motifs is 1. The summed E-state index contributed by atoms with van der Waals surface area (Å²) in [7, 11) is 3.71. The van der Waals surface area contributed by atoms with Crippen LogP contribution in [0.15, 0.2) is 11.2 Å². The molecule has 6 nitrogen and oxygen atoms in total. The summed E-state index contributed by atoms with van der Waals surface area (Å²) in [6.45, 7) is 0. The minimum atomic E-state index is -0.398. The maximum atomic E-state index is 10.8. The van der Waals surface area contributed by atoms with Gasteiger partial charge in [-0.15, -0.1) is 0 Å². The number of hydrogen-bond acceptors (Lipinski definition) is 7. The van der Waals surface area contributed by atoms with Crippen molar-refractivity contribution >= 4 is 44.1 Å². The summed E-state index contributed by atoms with van der Waals surface area (Å²) in [6, 6.07) is 1.53. The van der Waals surface area contributed by atoms with E-state index in [1.54, 1.807) is 0 Å². The first-order chi connectivity index (χ1) is 8.02. The quantitative estimate of drug-likeness (QED) is 0.369. The molecule has 0 fully saturated rings. The van der Waals surface area contributed by atoms with Gasteiger partial charge < -0.3 is 4.90 Å². The SMILES string of the molecule is CSc1nc(N(C)C)c2cc([N+](=O)[O-])sc2n1. The Morgan fingerprint density at radius 2 is 2.18 bits per heavy atom. The zero-order valence-electron chi connectivity index (χ0n) is 9.50. The van der Waals surface area contributed by atoms with Crippen molar-refractivity contribution in [2.45, 2.75) is 5.16 Å². The Balaban J connectivity index is 2.72. The molecule has 0 aliphatic rings. The number of thioether (sulfide) groups is 1. The molecule has 0 aliphatic carbocycles. The highest BCUT2D eigenvalue weighted by atomic mass is 32.2. The smallest absolute Gasteiger partial charge is 0.326 e. The van der Waals surface area contributed by atoms with Crippen molar-refractivity contribution in [3.8, 4) is 0 Å². The van der Waals surface area contributed by atoms with Crippen LogP contribution in [0.2, 0.25) is 0 Å². The Hall–Kier alpha value is -1.41. The molecule has 0 saturated heterocycles. The first kappa shape index (κ1) is 12.1. The highest BCUT2D eigenvalue weighted by molar-refractivity contribution is 7.98. The number of rotatable bonds is 3. The molecule has 0 unspecified atom stereocenters. The minimum absolute atomic E-state index is 0.0932. The van der Waals surface area contributed by atoms with E-state index in [-0.39, 0.29) is 5.00 Å². The highest BCUT2D eigenvalue weighted by Gasteiger charge is 2.18. The lowest BCUT2D eigenvalue weighted by Crippen LogP contribution is -2.11. The fraction of sp³-hybridized carbons (Fsp3) is 0.333. The summed E-state index contributed by atoms with van der Waals surface area (Å²) in [5.41, 5.74) is 0. The molecule has 2 aromatic heterocycles. The Kier molecular flexibility index (Phi) is 3.16. The minimum Gasteiger partial charge on any atom is -0.362 e. The summed E-state index contributed by atoms with van der Waals surface area (Å²) < 4.78 is 0. The number of anilines is 1. The van der Waals surface area contributed by atoms with Crippen molar-refractivity contribution in [2.75, 3.05) is 25.3 Å². The molecule has 0 saturated carbocycles. The van der Waals surface area contributed by atoms with E-state index in [1.165, 1.54) is 17.8 Å². The van der Waals surface area contributed by atoms with Gasteiger partial charge in [0, 0.05) is 20.2 Å². The van der Waals surface area contributed by atoms with Crippen molar-refractivity contribution in [1.29, 1.82) is 0 Å². The van der Waals surface area contributed by atoms with Crippen LogP contribution in [0.1, 0.15) is 0 Å². The van der Waals surface area contributed by atoms with E-state index in [1.807, 2.05) is 25.3 Å². The van der Waals surface area contributed by atoms with Gasteiger partial charge in [-0.3, -0.25) is 10.1 Å². The van der Waals surface area contributed by atoms with E-state index >= 15 is 0 Å². The molecule has 0 radical (unpaired) electrons. The maximum Gasteiger partial charge on any atom is 0.326 e. The third kappa shape index (κ3) is 2.18. The Morgan fingerprint density at radius 3 is 2.71 bits per heavy atom. The van der Waals surface area contributed by atoms with Crippen LogP contribution >= 0.6 is 23.1 Å². The predicted octanol–water partition coefficient (Wildman–Crippen LogP) is 2.39. The lowest BCUT2D eigenvalue weighted by molar-refractivity contribution is -0.380. The number of nitro groups is 1. The van der Waals surface area contributed by atoms with Crippen LogP contribution in [-0.4, -0.2) is 35.2 Å². The van der Waals surface area contributed by atoms with Gasteiger partial charge in [-0.25, -0.2) is 9.97 Å². The fourth-order valence-corrected chi connectivity index (χ4v) is 2.66. The highest BCUT2D eigenvalue weighted by Crippen LogP contribution is 2.35. The van der Waals surface area contributed by atoms with Crippen molar-refractivity contribution in [3.63, 3.8) is 0 Å². The van der Waals surface area contributed by atoms with Gasteiger partial charge in [0.2, 0.25) is 0 Å². The van der Waals surface area contributed by atoms with Crippen LogP contribution in [0.5, 0.6) is 0 Å². The van der Waals surface area contributed by atoms with E-state index in [0.717, 1.165) is 16.7 Å². The topological polar surface area (TPSA) is 72.2 Å². The van der Waals surface area contributed by atoms with Crippen molar-refractivity contribution in [2.24, 2.45) is 0 Å². The second-order valence-electron chi connectivity index (χ2n) is 3.49. The first-order valence-electron chi connectivity index (χ1n) is 4.70. The van der Waals surface area contributed by atoms with Gasteiger partial charge in [0.15, 0.2) is 5.16 Å². The van der Waals surface area contributed by atoms with Crippen LogP contribution in [0.4, 0.5) is 10.8 Å². The third-order valence-electron chi connectivity index (χ3n) is 2.13. The van der Waals surface area contributed by atoms with Gasteiger partial charge >= 0.3 is 5.00 Å². The molecule has 90 valence electrons. The molecule has 0 atom stereocenters. The summed E-state index contributed by atoms with van der Waals surface area (Å²) in [4.78, 5) is 21.5. The van der Waals surface area contributed by atoms with Gasteiger partial charge in [0.25, 0.3) is 0 Å². The Labute approximate surface area is 106 Å². The molecule has 0 spiro atoms. The van der Waals surface area contributed by atoms with Crippen LogP contribution < -0.4 is 4.90 Å². The van der Waals surface area contributed by atoms with Crippen molar-refractivity contribution in [1.82, 2.24) is 9.97 Å². The molecule has 0 aliphatic heterocycles. The zero-order valence-corrected chi connectivity index (χ0v) is 11.1. The average molecular weight is 270 g/mol. The fourth-order valence-electron chi connectivity index (χ4n) is 1.40. The van der Waals surface area contributed by atoms with E-state index < -0.39 is 4.92 Å². The normalized spacial score (nSPS) is 10.8. The van der Waals surface area contributed by atoms with Crippen LogP contribution in [0.3, 0.4) is 0 Å². The molecule has 2 heterocycles. The van der Waals surface area contributed by atoms with Crippen LogP contribution in [0, 0.1) is 10.1 Å². The van der Waals surface area contributed by atoms with Crippen LogP contribution in [-0.2, 0) is 0 Å². The molecule has 17 heavy (non-hydrogen) atoms. The van der Waals surface area contributed by atoms with E-state index in [0.29, 0.717) is 15.8 Å². The number of nitrogens with zero attached hydrogens (tertiary/aromatic N) is 4. The lowest BCUT2D eigenvalue weighted by Gasteiger charge is -2.12. The lowest BCUT2D eigenvalue weighted by atomic mass is 10.3. The zero-order chi connectivity index (χ0) is 12.6.